The molecule has 1 aromatic heterocycles. The summed E-state index contributed by atoms with van der Waals surface area (Å²) in [5.41, 5.74) is 1.43. The van der Waals surface area contributed by atoms with Crippen LogP contribution < -0.4 is 5.32 Å². The molecule has 1 aliphatic heterocycles. The third kappa shape index (κ3) is 2.30. The Hall–Kier alpha value is -0.410. The second-order valence-corrected chi connectivity index (χ2v) is 6.20. The molecule has 0 bridgehead atoms. The fraction of sp³-hybridized carbons (Fsp3) is 0.769. The van der Waals surface area contributed by atoms with Crippen molar-refractivity contribution < 1.29 is 0 Å². The highest BCUT2D eigenvalue weighted by Crippen LogP contribution is 2.27. The van der Waals surface area contributed by atoms with Crippen LogP contribution in [0.15, 0.2) is 0 Å². The van der Waals surface area contributed by atoms with Crippen molar-refractivity contribution in [2.24, 2.45) is 0 Å². The van der Waals surface area contributed by atoms with E-state index >= 15 is 0 Å². The predicted molar refractivity (Wildman–Crippen MR) is 68.1 cm³/mol. The van der Waals surface area contributed by atoms with E-state index in [9.17, 15) is 0 Å². The maximum Gasteiger partial charge on any atom is 0.0946 e. The summed E-state index contributed by atoms with van der Waals surface area (Å²) in [7, 11) is 0. The third-order valence-corrected chi connectivity index (χ3v) is 4.90. The van der Waals surface area contributed by atoms with Gasteiger partial charge in [-0.25, -0.2) is 4.98 Å². The third-order valence-electron chi connectivity index (χ3n) is 3.72. The van der Waals surface area contributed by atoms with E-state index < -0.39 is 0 Å². The van der Waals surface area contributed by atoms with Crippen LogP contribution in [-0.2, 0) is 19.3 Å². The summed E-state index contributed by atoms with van der Waals surface area (Å²) in [5, 5.41) is 4.95. The standard InChI is InChI=1S/C13H20N2S/c1-2-6-11-12(7-3-1)16-13(15-11)9-10-5-4-8-14-10/h10,14H,1-9H2. The zero-order valence-electron chi connectivity index (χ0n) is 9.80. The van der Waals surface area contributed by atoms with Crippen LogP contribution in [-0.4, -0.2) is 17.6 Å². The lowest BCUT2D eigenvalue weighted by Gasteiger charge is -2.06. The molecule has 1 saturated heterocycles. The van der Waals surface area contributed by atoms with E-state index in [0.717, 1.165) is 6.42 Å². The first kappa shape index (κ1) is 10.7. The number of thiazole rings is 1. The average Bonchev–Trinajstić information content (AvgIpc) is 2.86. The van der Waals surface area contributed by atoms with Gasteiger partial charge in [0.25, 0.3) is 0 Å². The predicted octanol–water partition coefficient (Wildman–Crippen LogP) is 2.71. The Balaban J connectivity index is 1.71. The van der Waals surface area contributed by atoms with Gasteiger partial charge in [0.05, 0.1) is 10.7 Å². The minimum Gasteiger partial charge on any atom is -0.314 e. The number of fused-ring (bicyclic) bond motifs is 1. The van der Waals surface area contributed by atoms with E-state index in [1.165, 1.54) is 62.2 Å². The molecule has 0 aromatic carbocycles. The molecular formula is C13H20N2S. The van der Waals surface area contributed by atoms with Crippen LogP contribution in [0, 0.1) is 0 Å². The van der Waals surface area contributed by atoms with Crippen molar-refractivity contribution in [1.82, 2.24) is 10.3 Å². The fourth-order valence-electron chi connectivity index (χ4n) is 2.81. The first-order valence-electron chi connectivity index (χ1n) is 6.62. The monoisotopic (exact) mass is 236 g/mol. The summed E-state index contributed by atoms with van der Waals surface area (Å²) >= 11 is 1.98. The van der Waals surface area contributed by atoms with E-state index in [2.05, 4.69) is 5.32 Å². The van der Waals surface area contributed by atoms with Gasteiger partial charge in [-0.3, -0.25) is 0 Å². The average molecular weight is 236 g/mol. The minimum atomic E-state index is 0.704. The van der Waals surface area contributed by atoms with E-state index in [1.54, 1.807) is 4.88 Å². The molecule has 1 unspecified atom stereocenters. The highest BCUT2D eigenvalue weighted by Gasteiger charge is 2.19. The van der Waals surface area contributed by atoms with Gasteiger partial charge in [-0.15, -0.1) is 11.3 Å². The molecule has 3 rings (SSSR count). The molecule has 2 heterocycles. The first-order valence-corrected chi connectivity index (χ1v) is 7.44. The van der Waals surface area contributed by atoms with Gasteiger partial charge in [-0.1, -0.05) is 6.42 Å². The summed E-state index contributed by atoms with van der Waals surface area (Å²) in [4.78, 5) is 6.44. The van der Waals surface area contributed by atoms with Gasteiger partial charge < -0.3 is 5.32 Å². The number of hydrogen-bond acceptors (Lipinski definition) is 3. The largest absolute Gasteiger partial charge is 0.314 e. The van der Waals surface area contributed by atoms with Crippen LogP contribution in [0.3, 0.4) is 0 Å². The summed E-state index contributed by atoms with van der Waals surface area (Å²) in [5.74, 6) is 0. The minimum absolute atomic E-state index is 0.704. The number of rotatable bonds is 2. The van der Waals surface area contributed by atoms with E-state index in [1.807, 2.05) is 11.3 Å². The van der Waals surface area contributed by atoms with Crippen molar-refractivity contribution in [3.05, 3.63) is 15.6 Å². The Kier molecular flexibility index (Phi) is 3.25. The zero-order valence-corrected chi connectivity index (χ0v) is 10.6. The molecule has 0 saturated carbocycles. The van der Waals surface area contributed by atoms with Crippen molar-refractivity contribution in [2.45, 2.75) is 57.4 Å². The summed E-state index contributed by atoms with van der Waals surface area (Å²) in [6.07, 6.45) is 10.5. The van der Waals surface area contributed by atoms with Crippen molar-refractivity contribution in [3.8, 4) is 0 Å². The molecule has 1 fully saturated rings. The van der Waals surface area contributed by atoms with Gasteiger partial charge in [0.15, 0.2) is 0 Å². The Labute approximate surface area is 101 Å². The van der Waals surface area contributed by atoms with Gasteiger partial charge in [0.2, 0.25) is 0 Å². The second-order valence-electron chi connectivity index (χ2n) is 5.04. The van der Waals surface area contributed by atoms with Crippen molar-refractivity contribution in [2.75, 3.05) is 6.54 Å². The number of aromatic nitrogens is 1. The van der Waals surface area contributed by atoms with Gasteiger partial charge in [-0.05, 0) is 45.1 Å². The highest BCUT2D eigenvalue weighted by atomic mass is 32.1. The normalized spacial score (nSPS) is 25.4. The second kappa shape index (κ2) is 4.84. The lowest BCUT2D eigenvalue weighted by Crippen LogP contribution is -2.23. The number of nitrogens with zero attached hydrogens (tertiary/aromatic N) is 1. The molecule has 1 aromatic rings. The maximum absolute atomic E-state index is 4.85. The number of aryl methyl sites for hydroxylation is 2. The molecule has 3 heteroatoms. The van der Waals surface area contributed by atoms with Gasteiger partial charge in [0.1, 0.15) is 0 Å². The number of hydrogen-bond donors (Lipinski definition) is 1. The topological polar surface area (TPSA) is 24.9 Å². The van der Waals surface area contributed by atoms with Gasteiger partial charge in [0, 0.05) is 17.3 Å². The lowest BCUT2D eigenvalue weighted by atomic mass is 10.2. The molecule has 1 N–H and O–H groups in total. The van der Waals surface area contributed by atoms with Crippen LogP contribution in [0.4, 0.5) is 0 Å². The zero-order chi connectivity index (χ0) is 10.8. The van der Waals surface area contributed by atoms with E-state index in [0.29, 0.717) is 6.04 Å². The summed E-state index contributed by atoms with van der Waals surface area (Å²) in [6.45, 7) is 1.20. The highest BCUT2D eigenvalue weighted by molar-refractivity contribution is 7.11. The van der Waals surface area contributed by atoms with Crippen molar-refractivity contribution in [3.63, 3.8) is 0 Å². The van der Waals surface area contributed by atoms with Crippen LogP contribution in [0.5, 0.6) is 0 Å². The quantitative estimate of drug-likeness (QED) is 0.799. The first-order chi connectivity index (χ1) is 7.92. The Morgan fingerprint density at radius 2 is 2.12 bits per heavy atom. The van der Waals surface area contributed by atoms with E-state index in [-0.39, 0.29) is 0 Å². The molecule has 0 spiro atoms. The molecule has 16 heavy (non-hydrogen) atoms. The van der Waals surface area contributed by atoms with Crippen LogP contribution in [0.25, 0.3) is 0 Å². The molecule has 0 radical (unpaired) electrons. The maximum atomic E-state index is 4.85. The SMILES string of the molecule is C1CCc2nc(CC3CCCN3)sc2CC1. The van der Waals surface area contributed by atoms with Gasteiger partial charge in [-0.2, -0.15) is 0 Å². The number of nitrogens with one attached hydrogen (secondary N) is 1. The summed E-state index contributed by atoms with van der Waals surface area (Å²) in [6, 6.07) is 0.704. The summed E-state index contributed by atoms with van der Waals surface area (Å²) < 4.78 is 0. The van der Waals surface area contributed by atoms with Crippen LogP contribution >= 0.6 is 11.3 Å². The Morgan fingerprint density at radius 1 is 1.19 bits per heavy atom. The molecule has 2 nitrogen and oxygen atoms in total. The van der Waals surface area contributed by atoms with Crippen LogP contribution in [0.2, 0.25) is 0 Å². The van der Waals surface area contributed by atoms with Crippen molar-refractivity contribution in [1.29, 1.82) is 0 Å². The van der Waals surface area contributed by atoms with E-state index in [4.69, 9.17) is 4.98 Å². The van der Waals surface area contributed by atoms with Crippen molar-refractivity contribution >= 4 is 11.3 Å². The Bertz CT molecular complexity index is 329. The molecule has 1 aliphatic carbocycles. The van der Waals surface area contributed by atoms with Gasteiger partial charge >= 0.3 is 0 Å². The Morgan fingerprint density at radius 3 is 3.00 bits per heavy atom. The molecule has 0 amide bonds. The molecule has 1 atom stereocenters. The molecular weight excluding hydrogens is 216 g/mol. The van der Waals surface area contributed by atoms with Crippen LogP contribution in [0.1, 0.15) is 47.7 Å². The fourth-order valence-corrected chi connectivity index (χ4v) is 4.05. The smallest absolute Gasteiger partial charge is 0.0946 e. The lowest BCUT2D eigenvalue weighted by molar-refractivity contribution is 0.600. The molecule has 88 valence electrons. The molecule has 2 aliphatic rings.